The molecule has 1 heterocycles. The van der Waals surface area contributed by atoms with Crippen LogP contribution in [0.3, 0.4) is 0 Å². The zero-order valence-electron chi connectivity index (χ0n) is 15.1. The zero-order valence-corrected chi connectivity index (χ0v) is 16.7. The number of pyridine rings is 1. The Bertz CT molecular complexity index is 681. The van der Waals surface area contributed by atoms with Gasteiger partial charge in [-0.25, -0.2) is 14.6 Å². The van der Waals surface area contributed by atoms with Crippen LogP contribution in [-0.4, -0.2) is 41.0 Å². The summed E-state index contributed by atoms with van der Waals surface area (Å²) in [7, 11) is 0. The summed E-state index contributed by atoms with van der Waals surface area (Å²) in [4.78, 5) is 27.6. The molecule has 0 radical (unpaired) electrons. The molecule has 0 aliphatic heterocycles. The van der Waals surface area contributed by atoms with Gasteiger partial charge in [0.15, 0.2) is 0 Å². The van der Waals surface area contributed by atoms with Gasteiger partial charge in [-0.15, -0.1) is 11.8 Å². The number of aromatic nitrogens is 1. The molecule has 1 rings (SSSR count). The number of rotatable bonds is 6. The maximum Gasteiger partial charge on any atom is 0.417 e. The van der Waals surface area contributed by atoms with E-state index in [1.807, 2.05) is 0 Å². The second-order valence-corrected chi connectivity index (χ2v) is 7.69. The van der Waals surface area contributed by atoms with Crippen molar-refractivity contribution in [3.63, 3.8) is 0 Å². The first-order valence-electron chi connectivity index (χ1n) is 7.85. The van der Waals surface area contributed by atoms with Gasteiger partial charge in [0.1, 0.15) is 16.7 Å². The highest BCUT2D eigenvalue weighted by atomic mass is 35.5. The Morgan fingerprint density at radius 2 is 1.96 bits per heavy atom. The zero-order chi connectivity index (χ0) is 20.8. The molecule has 1 atom stereocenters. The van der Waals surface area contributed by atoms with Crippen LogP contribution in [0.25, 0.3) is 0 Å². The first-order chi connectivity index (χ1) is 12.3. The van der Waals surface area contributed by atoms with Crippen LogP contribution in [0.5, 0.6) is 0 Å². The van der Waals surface area contributed by atoms with Gasteiger partial charge < -0.3 is 14.8 Å². The molecule has 0 aliphatic carbocycles. The van der Waals surface area contributed by atoms with E-state index in [9.17, 15) is 22.8 Å². The van der Waals surface area contributed by atoms with Gasteiger partial charge >= 0.3 is 18.2 Å². The van der Waals surface area contributed by atoms with Crippen LogP contribution < -0.4 is 5.32 Å². The Labute approximate surface area is 164 Å². The predicted molar refractivity (Wildman–Crippen MR) is 94.8 cm³/mol. The first kappa shape index (κ1) is 23.4. The van der Waals surface area contributed by atoms with Crippen LogP contribution in [-0.2, 0) is 20.4 Å². The summed E-state index contributed by atoms with van der Waals surface area (Å²) in [6, 6.07) is -0.345. The number of nitrogens with zero attached hydrogens (tertiary/aromatic N) is 1. The number of nitrogens with one attached hydrogen (secondary N) is 1. The average Bonchev–Trinajstić information content (AvgIpc) is 2.49. The summed E-state index contributed by atoms with van der Waals surface area (Å²) < 4.78 is 47.9. The van der Waals surface area contributed by atoms with Gasteiger partial charge in [-0.1, -0.05) is 11.6 Å². The first-order valence-corrected chi connectivity index (χ1v) is 9.21. The second-order valence-electron chi connectivity index (χ2n) is 6.27. The van der Waals surface area contributed by atoms with Crippen LogP contribution in [0.2, 0.25) is 5.02 Å². The van der Waals surface area contributed by atoms with Crippen molar-refractivity contribution in [1.82, 2.24) is 10.3 Å². The normalized spacial score (nSPS) is 13.0. The van der Waals surface area contributed by atoms with Gasteiger partial charge in [0.25, 0.3) is 0 Å². The third-order valence-corrected chi connectivity index (χ3v) is 4.28. The van der Waals surface area contributed by atoms with Gasteiger partial charge in [-0.05, 0) is 33.8 Å². The molecule has 0 saturated heterocycles. The SMILES string of the molecule is CCOC(=O)C(CSc1ncc(C(F)(F)F)cc1Cl)NC(=O)OC(C)(C)C. The summed E-state index contributed by atoms with van der Waals surface area (Å²) in [6.45, 7) is 6.67. The number of amides is 1. The Balaban J connectivity index is 2.84. The Morgan fingerprint density at radius 1 is 1.33 bits per heavy atom. The molecule has 0 aliphatic rings. The van der Waals surface area contributed by atoms with E-state index in [1.165, 1.54) is 0 Å². The molecular weight excluding hydrogens is 409 g/mol. The molecule has 1 N–H and O–H groups in total. The Kier molecular flexibility index (Phi) is 8.22. The molecule has 0 bridgehead atoms. The Hall–Kier alpha value is -1.68. The smallest absolute Gasteiger partial charge is 0.417 e. The van der Waals surface area contributed by atoms with E-state index >= 15 is 0 Å². The fourth-order valence-corrected chi connectivity index (χ4v) is 2.91. The molecule has 11 heteroatoms. The third kappa shape index (κ3) is 8.25. The van der Waals surface area contributed by atoms with Gasteiger partial charge in [-0.3, -0.25) is 0 Å². The van der Waals surface area contributed by atoms with Crippen molar-refractivity contribution in [1.29, 1.82) is 0 Å². The van der Waals surface area contributed by atoms with E-state index in [0.717, 1.165) is 17.8 Å². The number of alkyl halides is 3. The molecule has 0 fully saturated rings. The fraction of sp³-hybridized carbons (Fsp3) is 0.562. The standard InChI is InChI=1S/C16H20ClF3N2O4S/c1-5-25-13(23)11(22-14(24)26-15(2,3)4)8-27-12-10(17)6-9(7-21-12)16(18,19)20/h6-7,11H,5,8H2,1-4H3,(H,22,24). The lowest BCUT2D eigenvalue weighted by atomic mass is 10.2. The average molecular weight is 429 g/mol. The van der Waals surface area contributed by atoms with Crippen molar-refractivity contribution in [3.05, 3.63) is 22.8 Å². The number of ether oxygens (including phenoxy) is 2. The van der Waals surface area contributed by atoms with Gasteiger partial charge in [0.2, 0.25) is 0 Å². The van der Waals surface area contributed by atoms with E-state index in [4.69, 9.17) is 21.1 Å². The van der Waals surface area contributed by atoms with Crippen LogP contribution in [0, 0.1) is 0 Å². The molecule has 27 heavy (non-hydrogen) atoms. The van der Waals surface area contributed by atoms with Crippen LogP contribution >= 0.6 is 23.4 Å². The number of carbonyl (C=O) groups is 2. The molecule has 6 nitrogen and oxygen atoms in total. The number of esters is 1. The van der Waals surface area contributed by atoms with Crippen molar-refractivity contribution in [2.45, 2.75) is 50.5 Å². The highest BCUT2D eigenvalue weighted by Crippen LogP contribution is 2.33. The topological polar surface area (TPSA) is 77.5 Å². The van der Waals surface area contributed by atoms with E-state index < -0.39 is 35.4 Å². The molecule has 0 aromatic carbocycles. The lowest BCUT2D eigenvalue weighted by Crippen LogP contribution is -2.45. The third-order valence-electron chi connectivity index (χ3n) is 2.78. The van der Waals surface area contributed by atoms with E-state index in [-0.39, 0.29) is 22.4 Å². The monoisotopic (exact) mass is 428 g/mol. The number of hydrogen-bond acceptors (Lipinski definition) is 6. The summed E-state index contributed by atoms with van der Waals surface area (Å²) in [5.74, 6) is -0.769. The highest BCUT2D eigenvalue weighted by molar-refractivity contribution is 7.99. The van der Waals surface area contributed by atoms with Crippen LogP contribution in [0.15, 0.2) is 17.3 Å². The molecule has 1 aromatic heterocycles. The molecule has 1 unspecified atom stereocenters. The number of halogens is 4. The molecule has 0 spiro atoms. The van der Waals surface area contributed by atoms with Crippen molar-refractivity contribution in [3.8, 4) is 0 Å². The minimum absolute atomic E-state index is 0.0594. The molecule has 0 saturated carbocycles. The van der Waals surface area contributed by atoms with E-state index in [0.29, 0.717) is 6.20 Å². The van der Waals surface area contributed by atoms with Crippen molar-refractivity contribution in [2.24, 2.45) is 0 Å². The summed E-state index contributed by atoms with van der Waals surface area (Å²) >= 11 is 6.75. The maximum absolute atomic E-state index is 12.7. The predicted octanol–water partition coefficient (Wildman–Crippen LogP) is 4.30. The summed E-state index contributed by atoms with van der Waals surface area (Å²) in [6.07, 6.45) is -4.74. The van der Waals surface area contributed by atoms with E-state index in [2.05, 4.69) is 10.3 Å². The molecule has 1 amide bonds. The summed E-state index contributed by atoms with van der Waals surface area (Å²) in [5.41, 5.74) is -1.75. The van der Waals surface area contributed by atoms with Crippen molar-refractivity contribution >= 4 is 35.4 Å². The van der Waals surface area contributed by atoms with Gasteiger partial charge in [0.05, 0.1) is 17.2 Å². The Morgan fingerprint density at radius 3 is 2.44 bits per heavy atom. The number of hydrogen-bond donors (Lipinski definition) is 1. The molecule has 152 valence electrons. The van der Waals surface area contributed by atoms with Gasteiger partial charge in [-0.2, -0.15) is 13.2 Å². The maximum atomic E-state index is 12.7. The second kappa shape index (κ2) is 9.50. The van der Waals surface area contributed by atoms with Crippen molar-refractivity contribution in [2.75, 3.05) is 12.4 Å². The number of alkyl carbamates (subject to hydrolysis) is 1. The minimum atomic E-state index is -4.56. The minimum Gasteiger partial charge on any atom is -0.464 e. The lowest BCUT2D eigenvalue weighted by molar-refractivity contribution is -0.145. The van der Waals surface area contributed by atoms with Gasteiger partial charge in [0, 0.05) is 11.9 Å². The molecular formula is C16H20ClF3N2O4S. The van der Waals surface area contributed by atoms with E-state index in [1.54, 1.807) is 27.7 Å². The van der Waals surface area contributed by atoms with Crippen LogP contribution in [0.1, 0.15) is 33.3 Å². The lowest BCUT2D eigenvalue weighted by Gasteiger charge is -2.22. The highest BCUT2D eigenvalue weighted by Gasteiger charge is 2.32. The van der Waals surface area contributed by atoms with Crippen LogP contribution in [0.4, 0.5) is 18.0 Å². The van der Waals surface area contributed by atoms with Crippen molar-refractivity contribution < 1.29 is 32.2 Å². The fourth-order valence-electron chi connectivity index (χ4n) is 1.71. The number of thioether (sulfide) groups is 1. The summed E-state index contributed by atoms with van der Waals surface area (Å²) in [5, 5.41) is 2.25. The molecule has 1 aromatic rings. The quantitative estimate of drug-likeness (QED) is 0.537. The number of carbonyl (C=O) groups excluding carboxylic acids is 2. The largest absolute Gasteiger partial charge is 0.464 e.